The summed E-state index contributed by atoms with van der Waals surface area (Å²) < 4.78 is 0. The number of carbonyl (C=O) groups is 1. The third-order valence-electron chi connectivity index (χ3n) is 1.91. The minimum Gasteiger partial charge on any atom is -0.397 e. The van der Waals surface area contributed by atoms with Crippen LogP contribution in [0.25, 0.3) is 0 Å². The maximum Gasteiger partial charge on any atom is 0.225 e. The molecule has 0 radical (unpaired) electrons. The lowest BCUT2D eigenvalue weighted by atomic mass is 10.2. The summed E-state index contributed by atoms with van der Waals surface area (Å²) in [5.74, 6) is 1.92. The van der Waals surface area contributed by atoms with Gasteiger partial charge in [0.2, 0.25) is 5.91 Å². The van der Waals surface area contributed by atoms with Crippen LogP contribution < -0.4 is 11.1 Å². The zero-order valence-electron chi connectivity index (χ0n) is 8.82. The fraction of sp³-hybridized carbons (Fsp3) is 0.364. The van der Waals surface area contributed by atoms with Crippen LogP contribution in [0.1, 0.15) is 13.3 Å². The van der Waals surface area contributed by atoms with Crippen molar-refractivity contribution in [1.29, 1.82) is 0 Å². The summed E-state index contributed by atoms with van der Waals surface area (Å²) in [6, 6.07) is 7.28. The van der Waals surface area contributed by atoms with Crippen molar-refractivity contribution in [3.05, 3.63) is 24.3 Å². The molecule has 0 heterocycles. The summed E-state index contributed by atoms with van der Waals surface area (Å²) in [5.41, 5.74) is 7.01. The van der Waals surface area contributed by atoms with Crippen LogP contribution in [0.15, 0.2) is 24.3 Å². The summed E-state index contributed by atoms with van der Waals surface area (Å²) in [7, 11) is 0. The number of para-hydroxylation sites is 2. The third-order valence-corrected chi connectivity index (χ3v) is 2.81. The minimum absolute atomic E-state index is 0.0221. The Morgan fingerprint density at radius 3 is 2.87 bits per heavy atom. The van der Waals surface area contributed by atoms with E-state index in [0.717, 1.165) is 11.5 Å². The topological polar surface area (TPSA) is 55.1 Å². The number of hydrogen-bond donors (Lipinski definition) is 2. The van der Waals surface area contributed by atoms with E-state index in [9.17, 15) is 4.79 Å². The number of carbonyl (C=O) groups excluding carboxylic acids is 1. The second-order valence-corrected chi connectivity index (χ2v) is 4.48. The molecule has 0 saturated carbocycles. The Kier molecular flexibility index (Phi) is 5.04. The molecule has 0 atom stereocenters. The van der Waals surface area contributed by atoms with Gasteiger partial charge in [-0.15, -0.1) is 0 Å². The fourth-order valence-electron chi connectivity index (χ4n) is 1.13. The molecule has 0 spiro atoms. The van der Waals surface area contributed by atoms with Gasteiger partial charge in [-0.05, 0) is 17.9 Å². The molecule has 15 heavy (non-hydrogen) atoms. The first-order chi connectivity index (χ1) is 7.24. The molecular formula is C11H16N2OS. The Labute approximate surface area is 94.4 Å². The van der Waals surface area contributed by atoms with Gasteiger partial charge < -0.3 is 11.1 Å². The molecule has 4 heteroatoms. The van der Waals surface area contributed by atoms with Gasteiger partial charge in [0.1, 0.15) is 0 Å². The Morgan fingerprint density at radius 2 is 2.20 bits per heavy atom. The highest BCUT2D eigenvalue weighted by Crippen LogP contribution is 2.17. The Hall–Kier alpha value is -1.16. The van der Waals surface area contributed by atoms with Crippen LogP contribution >= 0.6 is 11.8 Å². The zero-order chi connectivity index (χ0) is 11.1. The van der Waals surface area contributed by atoms with E-state index in [1.54, 1.807) is 23.9 Å². The first kappa shape index (κ1) is 11.9. The van der Waals surface area contributed by atoms with Crippen molar-refractivity contribution in [3.8, 4) is 0 Å². The smallest absolute Gasteiger partial charge is 0.225 e. The number of hydrogen-bond acceptors (Lipinski definition) is 3. The second-order valence-electron chi connectivity index (χ2n) is 3.08. The van der Waals surface area contributed by atoms with Gasteiger partial charge in [0.15, 0.2) is 0 Å². The van der Waals surface area contributed by atoms with Gasteiger partial charge in [-0.2, -0.15) is 11.8 Å². The number of nitrogens with two attached hydrogens (primary N) is 1. The molecule has 0 unspecified atom stereocenters. The van der Waals surface area contributed by atoms with Gasteiger partial charge in [-0.25, -0.2) is 0 Å². The Balaban J connectivity index is 2.41. The van der Waals surface area contributed by atoms with Gasteiger partial charge in [-0.1, -0.05) is 19.1 Å². The lowest BCUT2D eigenvalue weighted by molar-refractivity contribution is -0.115. The largest absolute Gasteiger partial charge is 0.397 e. The van der Waals surface area contributed by atoms with E-state index < -0.39 is 0 Å². The number of thioether (sulfide) groups is 1. The van der Waals surface area contributed by atoms with E-state index in [2.05, 4.69) is 12.2 Å². The van der Waals surface area contributed by atoms with Crippen LogP contribution in [0, 0.1) is 0 Å². The first-order valence-corrected chi connectivity index (χ1v) is 6.11. The van der Waals surface area contributed by atoms with E-state index in [0.29, 0.717) is 17.8 Å². The minimum atomic E-state index is 0.0221. The van der Waals surface area contributed by atoms with E-state index in [-0.39, 0.29) is 5.91 Å². The molecule has 1 aromatic rings. The first-order valence-electron chi connectivity index (χ1n) is 4.96. The highest BCUT2D eigenvalue weighted by molar-refractivity contribution is 7.99. The quantitative estimate of drug-likeness (QED) is 0.596. The predicted molar refractivity (Wildman–Crippen MR) is 67.1 cm³/mol. The lowest BCUT2D eigenvalue weighted by Gasteiger charge is -2.07. The van der Waals surface area contributed by atoms with Gasteiger partial charge >= 0.3 is 0 Å². The number of nitrogen functional groups attached to an aromatic ring is 1. The maximum atomic E-state index is 11.5. The molecule has 3 N–H and O–H groups in total. The third kappa shape index (κ3) is 4.25. The Bertz CT molecular complexity index is 328. The molecule has 1 amide bonds. The van der Waals surface area contributed by atoms with Crippen LogP contribution in [0.4, 0.5) is 11.4 Å². The molecular weight excluding hydrogens is 208 g/mol. The van der Waals surface area contributed by atoms with Crippen molar-refractivity contribution in [2.75, 3.05) is 22.6 Å². The fourth-order valence-corrected chi connectivity index (χ4v) is 1.75. The number of rotatable bonds is 5. The van der Waals surface area contributed by atoms with Crippen LogP contribution in [0.5, 0.6) is 0 Å². The van der Waals surface area contributed by atoms with Crippen LogP contribution in [-0.4, -0.2) is 17.4 Å². The molecule has 82 valence electrons. The standard InChI is InChI=1S/C11H16N2OS/c1-2-15-8-7-11(14)13-10-6-4-3-5-9(10)12/h3-6H,2,7-8,12H2,1H3,(H,13,14). The Morgan fingerprint density at radius 1 is 1.47 bits per heavy atom. The molecule has 0 saturated heterocycles. The van der Waals surface area contributed by atoms with Crippen LogP contribution in [0.3, 0.4) is 0 Å². The monoisotopic (exact) mass is 224 g/mol. The maximum absolute atomic E-state index is 11.5. The van der Waals surface area contributed by atoms with Gasteiger partial charge in [-0.3, -0.25) is 4.79 Å². The van der Waals surface area contributed by atoms with Crippen molar-refractivity contribution < 1.29 is 4.79 Å². The van der Waals surface area contributed by atoms with Crippen molar-refractivity contribution in [2.24, 2.45) is 0 Å². The number of anilines is 2. The molecule has 0 aliphatic heterocycles. The summed E-state index contributed by atoms with van der Waals surface area (Å²) in [6.07, 6.45) is 0.535. The number of nitrogens with one attached hydrogen (secondary N) is 1. The highest BCUT2D eigenvalue weighted by Gasteiger charge is 2.03. The van der Waals surface area contributed by atoms with Crippen LogP contribution in [0.2, 0.25) is 0 Å². The number of amides is 1. The average Bonchev–Trinajstić information content (AvgIpc) is 2.22. The van der Waals surface area contributed by atoms with E-state index in [1.807, 2.05) is 12.1 Å². The van der Waals surface area contributed by atoms with E-state index in [1.165, 1.54) is 0 Å². The SMILES string of the molecule is CCSCCC(=O)Nc1ccccc1N. The molecule has 0 fully saturated rings. The summed E-state index contributed by atoms with van der Waals surface area (Å²) in [4.78, 5) is 11.5. The van der Waals surface area contributed by atoms with Gasteiger partial charge in [0, 0.05) is 12.2 Å². The van der Waals surface area contributed by atoms with E-state index in [4.69, 9.17) is 5.73 Å². The summed E-state index contributed by atoms with van der Waals surface area (Å²) in [6.45, 7) is 2.08. The van der Waals surface area contributed by atoms with Crippen molar-refractivity contribution in [3.63, 3.8) is 0 Å². The zero-order valence-corrected chi connectivity index (χ0v) is 9.64. The van der Waals surface area contributed by atoms with E-state index >= 15 is 0 Å². The lowest BCUT2D eigenvalue weighted by Crippen LogP contribution is -2.13. The molecule has 3 nitrogen and oxygen atoms in total. The van der Waals surface area contributed by atoms with Gasteiger partial charge in [0.25, 0.3) is 0 Å². The van der Waals surface area contributed by atoms with Crippen molar-refractivity contribution in [1.82, 2.24) is 0 Å². The van der Waals surface area contributed by atoms with Gasteiger partial charge in [0.05, 0.1) is 11.4 Å². The normalized spacial score (nSPS) is 9.93. The molecule has 0 aliphatic carbocycles. The van der Waals surface area contributed by atoms with Crippen molar-refractivity contribution in [2.45, 2.75) is 13.3 Å². The predicted octanol–water partition coefficient (Wildman–Crippen LogP) is 2.35. The summed E-state index contributed by atoms with van der Waals surface area (Å²) >= 11 is 1.76. The van der Waals surface area contributed by atoms with Crippen LogP contribution in [-0.2, 0) is 4.79 Å². The molecule has 0 bridgehead atoms. The van der Waals surface area contributed by atoms with Crippen molar-refractivity contribution >= 4 is 29.0 Å². The highest BCUT2D eigenvalue weighted by atomic mass is 32.2. The molecule has 0 aliphatic rings. The molecule has 0 aromatic heterocycles. The average molecular weight is 224 g/mol. The summed E-state index contributed by atoms with van der Waals surface area (Å²) in [5, 5.41) is 2.79. The second kappa shape index (κ2) is 6.35. The molecule has 1 aromatic carbocycles. The molecule has 1 rings (SSSR count). The number of benzene rings is 1.